The summed E-state index contributed by atoms with van der Waals surface area (Å²) >= 11 is 0. The summed E-state index contributed by atoms with van der Waals surface area (Å²) in [6.45, 7) is 0.722. The Bertz CT molecular complexity index is 736. The monoisotopic (exact) mass is 278 g/mol. The Morgan fingerprint density at radius 2 is 1.86 bits per heavy atom. The number of anilines is 2. The van der Waals surface area contributed by atoms with E-state index < -0.39 is 0 Å². The van der Waals surface area contributed by atoms with Crippen LogP contribution >= 0.6 is 0 Å². The summed E-state index contributed by atoms with van der Waals surface area (Å²) in [5, 5.41) is 0. The molecule has 0 saturated carbocycles. The highest BCUT2D eigenvalue weighted by Crippen LogP contribution is 2.35. The zero-order valence-corrected chi connectivity index (χ0v) is 11.9. The van der Waals surface area contributed by atoms with Crippen molar-refractivity contribution in [3.8, 4) is 0 Å². The fraction of sp³-hybridized carbons (Fsp3) is 0.278. The van der Waals surface area contributed by atoms with Crippen molar-refractivity contribution in [2.75, 3.05) is 17.2 Å². The van der Waals surface area contributed by atoms with E-state index in [2.05, 4.69) is 18.2 Å². The van der Waals surface area contributed by atoms with Crippen molar-refractivity contribution < 1.29 is 4.79 Å². The third kappa shape index (κ3) is 1.92. The van der Waals surface area contributed by atoms with Crippen LogP contribution in [0.2, 0.25) is 0 Å². The van der Waals surface area contributed by atoms with Crippen LogP contribution in [0.3, 0.4) is 0 Å². The number of hydrogen-bond donors (Lipinski definition) is 1. The number of nitrogens with zero attached hydrogens (tertiary/aromatic N) is 1. The second-order valence-corrected chi connectivity index (χ2v) is 5.90. The van der Waals surface area contributed by atoms with E-state index in [9.17, 15) is 4.79 Å². The van der Waals surface area contributed by atoms with Crippen LogP contribution < -0.4 is 10.6 Å². The molecular weight excluding hydrogens is 260 g/mol. The van der Waals surface area contributed by atoms with Gasteiger partial charge in [-0.3, -0.25) is 4.79 Å². The number of para-hydroxylation sites is 1. The van der Waals surface area contributed by atoms with Gasteiger partial charge >= 0.3 is 0 Å². The Kier molecular flexibility index (Phi) is 2.74. The molecule has 1 aliphatic heterocycles. The van der Waals surface area contributed by atoms with Crippen LogP contribution in [0.1, 0.15) is 33.5 Å². The maximum atomic E-state index is 12.8. The van der Waals surface area contributed by atoms with E-state index in [1.165, 1.54) is 23.1 Å². The minimum absolute atomic E-state index is 0.0707. The second-order valence-electron chi connectivity index (χ2n) is 5.90. The molecule has 3 nitrogen and oxygen atoms in total. The lowest BCUT2D eigenvalue weighted by Gasteiger charge is -2.19. The zero-order chi connectivity index (χ0) is 14.4. The van der Waals surface area contributed by atoms with Crippen LogP contribution in [-0.2, 0) is 19.3 Å². The maximum Gasteiger partial charge on any atom is 0.258 e. The Morgan fingerprint density at radius 3 is 2.76 bits per heavy atom. The lowest BCUT2D eigenvalue weighted by atomic mass is 10.1. The number of fused-ring (bicyclic) bond motifs is 2. The maximum absolute atomic E-state index is 12.8. The number of nitrogens with two attached hydrogens (primary N) is 1. The Morgan fingerprint density at radius 1 is 1.00 bits per heavy atom. The summed E-state index contributed by atoms with van der Waals surface area (Å²) in [6, 6.07) is 12.0. The van der Waals surface area contributed by atoms with Gasteiger partial charge in [-0.25, -0.2) is 0 Å². The van der Waals surface area contributed by atoms with Crippen molar-refractivity contribution >= 4 is 17.3 Å². The average molecular weight is 278 g/mol. The molecule has 21 heavy (non-hydrogen) atoms. The van der Waals surface area contributed by atoms with Crippen molar-refractivity contribution in [3.63, 3.8) is 0 Å². The van der Waals surface area contributed by atoms with Crippen LogP contribution in [0.4, 0.5) is 11.4 Å². The fourth-order valence-corrected chi connectivity index (χ4v) is 3.55. The van der Waals surface area contributed by atoms with Gasteiger partial charge in [-0.1, -0.05) is 18.2 Å². The average Bonchev–Trinajstić information content (AvgIpc) is 3.13. The van der Waals surface area contributed by atoms with Crippen molar-refractivity contribution in [2.24, 2.45) is 0 Å². The first-order chi connectivity index (χ1) is 10.2. The molecule has 106 valence electrons. The molecule has 2 N–H and O–H groups in total. The Labute approximate surface area is 124 Å². The quantitative estimate of drug-likeness (QED) is 0.815. The summed E-state index contributed by atoms with van der Waals surface area (Å²) in [4.78, 5) is 14.7. The first-order valence-electron chi connectivity index (χ1n) is 7.55. The first-order valence-corrected chi connectivity index (χ1v) is 7.55. The third-order valence-electron chi connectivity index (χ3n) is 4.62. The molecule has 2 aliphatic rings. The molecular formula is C18H18N2O. The summed E-state index contributed by atoms with van der Waals surface area (Å²) in [7, 11) is 0. The summed E-state index contributed by atoms with van der Waals surface area (Å²) in [6.07, 6.45) is 4.32. The van der Waals surface area contributed by atoms with Crippen molar-refractivity contribution in [3.05, 3.63) is 58.7 Å². The third-order valence-corrected chi connectivity index (χ3v) is 4.62. The predicted octanol–water partition coefficient (Wildman–Crippen LogP) is 2.96. The molecule has 2 aromatic carbocycles. The highest BCUT2D eigenvalue weighted by atomic mass is 16.2. The number of benzene rings is 2. The molecule has 0 fully saturated rings. The molecule has 1 aliphatic carbocycles. The Balaban J connectivity index is 1.71. The molecule has 0 bridgehead atoms. The highest BCUT2D eigenvalue weighted by Gasteiger charge is 2.27. The minimum Gasteiger partial charge on any atom is -0.397 e. The van der Waals surface area contributed by atoms with Crippen molar-refractivity contribution in [1.82, 2.24) is 0 Å². The molecule has 0 spiro atoms. The molecule has 4 rings (SSSR count). The molecule has 0 atom stereocenters. The smallest absolute Gasteiger partial charge is 0.258 e. The zero-order valence-electron chi connectivity index (χ0n) is 11.9. The number of aryl methyl sites for hydroxylation is 2. The van der Waals surface area contributed by atoms with Gasteiger partial charge in [-0.05, 0) is 60.6 Å². The molecule has 0 radical (unpaired) electrons. The summed E-state index contributed by atoms with van der Waals surface area (Å²) in [5.41, 5.74) is 12.4. The second kappa shape index (κ2) is 4.62. The molecule has 1 amide bonds. The van der Waals surface area contributed by atoms with E-state index in [1.54, 1.807) is 0 Å². The number of amides is 1. The van der Waals surface area contributed by atoms with Gasteiger partial charge in [-0.2, -0.15) is 0 Å². The van der Waals surface area contributed by atoms with E-state index in [-0.39, 0.29) is 5.91 Å². The number of carbonyl (C=O) groups excluding carboxylic acids is 1. The van der Waals surface area contributed by atoms with E-state index in [4.69, 9.17) is 5.73 Å². The van der Waals surface area contributed by atoms with E-state index >= 15 is 0 Å². The van der Waals surface area contributed by atoms with Gasteiger partial charge in [0.05, 0.1) is 11.4 Å². The van der Waals surface area contributed by atoms with Crippen LogP contribution in [0.5, 0.6) is 0 Å². The number of hydrogen-bond acceptors (Lipinski definition) is 2. The molecule has 2 aromatic rings. The lowest BCUT2D eigenvalue weighted by molar-refractivity contribution is 0.0989. The Hall–Kier alpha value is -2.29. The van der Waals surface area contributed by atoms with E-state index in [0.717, 1.165) is 37.1 Å². The standard InChI is InChI=1S/C18H18N2O/c19-16-6-2-4-13-9-10-20(17(13)16)18(21)15-8-7-12-3-1-5-14(12)11-15/h2,4,6-8,11H,1,3,5,9-10,19H2. The van der Waals surface area contributed by atoms with Gasteiger partial charge in [0.15, 0.2) is 0 Å². The molecule has 0 aromatic heterocycles. The van der Waals surface area contributed by atoms with Crippen LogP contribution in [0.15, 0.2) is 36.4 Å². The van der Waals surface area contributed by atoms with E-state index in [1.807, 2.05) is 23.1 Å². The molecule has 1 heterocycles. The first kappa shape index (κ1) is 12.5. The topological polar surface area (TPSA) is 46.3 Å². The minimum atomic E-state index is 0.0707. The molecule has 3 heteroatoms. The van der Waals surface area contributed by atoms with Crippen molar-refractivity contribution in [2.45, 2.75) is 25.7 Å². The number of rotatable bonds is 1. The molecule has 0 unspecified atom stereocenters. The van der Waals surface area contributed by atoms with Gasteiger partial charge in [0.1, 0.15) is 0 Å². The SMILES string of the molecule is Nc1cccc2c1N(C(=O)c1ccc3c(c1)CCC3)CC2. The predicted molar refractivity (Wildman–Crippen MR) is 84.7 cm³/mol. The van der Waals surface area contributed by atoms with Gasteiger partial charge in [0.25, 0.3) is 5.91 Å². The van der Waals surface area contributed by atoms with Gasteiger partial charge in [-0.15, -0.1) is 0 Å². The van der Waals surface area contributed by atoms with E-state index in [0.29, 0.717) is 5.69 Å². The lowest BCUT2D eigenvalue weighted by Crippen LogP contribution is -2.29. The van der Waals surface area contributed by atoms with Crippen molar-refractivity contribution in [1.29, 1.82) is 0 Å². The number of carbonyl (C=O) groups is 1. The van der Waals surface area contributed by atoms with Gasteiger partial charge < -0.3 is 10.6 Å². The normalized spacial score (nSPS) is 15.9. The van der Waals surface area contributed by atoms with Crippen LogP contribution in [0, 0.1) is 0 Å². The van der Waals surface area contributed by atoms with Crippen LogP contribution in [0.25, 0.3) is 0 Å². The van der Waals surface area contributed by atoms with Crippen LogP contribution in [-0.4, -0.2) is 12.5 Å². The summed E-state index contributed by atoms with van der Waals surface area (Å²) < 4.78 is 0. The highest BCUT2D eigenvalue weighted by molar-refractivity contribution is 6.09. The summed E-state index contributed by atoms with van der Waals surface area (Å²) in [5.74, 6) is 0.0707. The van der Waals surface area contributed by atoms with Gasteiger partial charge in [0, 0.05) is 12.1 Å². The largest absolute Gasteiger partial charge is 0.397 e. The van der Waals surface area contributed by atoms with Gasteiger partial charge in [0.2, 0.25) is 0 Å². The fourth-order valence-electron chi connectivity index (χ4n) is 3.55. The molecule has 0 saturated heterocycles. The number of nitrogen functional groups attached to an aromatic ring is 1.